The van der Waals surface area contributed by atoms with Crippen LogP contribution in [0.5, 0.6) is 0 Å². The molecule has 1 fully saturated rings. The molecule has 30 heavy (non-hydrogen) atoms. The van der Waals surface area contributed by atoms with Gasteiger partial charge in [-0.1, -0.05) is 91.0 Å². The largest absolute Gasteiger partial charge is 0.422 e. The number of amides is 2. The number of cyclic esters (lactones) is 1. The second-order valence-corrected chi connectivity index (χ2v) is 6.83. The maximum absolute atomic E-state index is 13.3. The Morgan fingerprint density at radius 1 is 0.733 bits per heavy atom. The molecular weight excluding hydrogens is 378 g/mol. The summed E-state index contributed by atoms with van der Waals surface area (Å²) in [5.74, 6) is -1.20. The van der Waals surface area contributed by atoms with Crippen molar-refractivity contribution in [1.29, 1.82) is 0 Å². The van der Waals surface area contributed by atoms with Gasteiger partial charge in [0.05, 0.1) is 5.57 Å². The number of benzene rings is 3. The van der Waals surface area contributed by atoms with Gasteiger partial charge in [-0.05, 0) is 17.5 Å². The second kappa shape index (κ2) is 8.57. The smallest absolute Gasteiger partial charge is 0.403 e. The fourth-order valence-electron chi connectivity index (χ4n) is 3.33. The van der Waals surface area contributed by atoms with E-state index in [9.17, 15) is 14.4 Å². The first-order valence-electron chi connectivity index (χ1n) is 9.62. The predicted octanol–water partition coefficient (Wildman–Crippen LogP) is 4.50. The Morgan fingerprint density at radius 3 is 1.87 bits per heavy atom. The molecule has 0 radical (unpaired) electrons. The first-order chi connectivity index (χ1) is 14.6. The molecular formula is C25H19NO4. The molecule has 1 saturated heterocycles. The van der Waals surface area contributed by atoms with Crippen LogP contribution in [0.1, 0.15) is 21.5 Å². The normalized spacial score (nSPS) is 15.1. The van der Waals surface area contributed by atoms with Crippen LogP contribution in [0.3, 0.4) is 0 Å². The third-order valence-electron chi connectivity index (χ3n) is 4.87. The van der Waals surface area contributed by atoms with Gasteiger partial charge in [-0.25, -0.2) is 9.69 Å². The second-order valence-electron chi connectivity index (χ2n) is 6.83. The van der Waals surface area contributed by atoms with Gasteiger partial charge in [0.1, 0.15) is 0 Å². The minimum atomic E-state index is -0.764. The standard InChI is InChI=1S/C25H19NO4/c27-22(20-14-8-3-9-15-20)21(19-12-6-2-7-13-19)23-24(28)26(25(29)30-23)17-16-18-10-4-1-5-11-18/h1-15H,16-17H2. The van der Waals surface area contributed by atoms with Crippen molar-refractivity contribution in [2.45, 2.75) is 6.42 Å². The Labute approximate surface area is 174 Å². The van der Waals surface area contributed by atoms with Crippen molar-refractivity contribution in [3.63, 3.8) is 0 Å². The highest BCUT2D eigenvalue weighted by Crippen LogP contribution is 2.29. The average Bonchev–Trinajstić information content (AvgIpc) is 3.07. The van der Waals surface area contributed by atoms with E-state index in [-0.39, 0.29) is 23.7 Å². The van der Waals surface area contributed by atoms with E-state index in [1.165, 1.54) is 0 Å². The van der Waals surface area contributed by atoms with E-state index < -0.39 is 12.0 Å². The highest BCUT2D eigenvalue weighted by atomic mass is 16.6. The number of hydrogen-bond acceptors (Lipinski definition) is 4. The molecule has 0 N–H and O–H groups in total. The molecule has 3 aromatic rings. The third-order valence-corrected chi connectivity index (χ3v) is 4.87. The number of nitrogens with zero attached hydrogens (tertiary/aromatic N) is 1. The number of carbonyl (C=O) groups excluding carboxylic acids is 3. The molecule has 2 amide bonds. The lowest BCUT2D eigenvalue weighted by atomic mass is 9.95. The van der Waals surface area contributed by atoms with Gasteiger partial charge in [0.2, 0.25) is 5.76 Å². The summed E-state index contributed by atoms with van der Waals surface area (Å²) in [5, 5.41) is 0. The number of hydrogen-bond donors (Lipinski definition) is 0. The molecule has 0 saturated carbocycles. The number of ether oxygens (including phenoxy) is 1. The van der Waals surface area contributed by atoms with Gasteiger partial charge in [-0.15, -0.1) is 0 Å². The first-order valence-corrected chi connectivity index (χ1v) is 9.62. The summed E-state index contributed by atoms with van der Waals surface area (Å²) in [7, 11) is 0. The maximum Gasteiger partial charge on any atom is 0.422 e. The molecule has 1 heterocycles. The Kier molecular flexibility index (Phi) is 5.52. The van der Waals surface area contributed by atoms with Gasteiger partial charge < -0.3 is 4.74 Å². The van der Waals surface area contributed by atoms with Crippen LogP contribution in [-0.2, 0) is 16.0 Å². The fraction of sp³-hybridized carbons (Fsp3) is 0.0800. The molecule has 148 valence electrons. The SMILES string of the molecule is O=C(C(=C1OC(=O)N(CCc2ccccc2)C1=O)c1ccccc1)c1ccccc1. The maximum atomic E-state index is 13.3. The lowest BCUT2D eigenvalue weighted by Crippen LogP contribution is -2.31. The van der Waals surface area contributed by atoms with E-state index in [2.05, 4.69) is 0 Å². The van der Waals surface area contributed by atoms with Crippen LogP contribution in [0.2, 0.25) is 0 Å². The number of carbonyl (C=O) groups is 3. The summed E-state index contributed by atoms with van der Waals surface area (Å²) < 4.78 is 5.33. The molecule has 5 nitrogen and oxygen atoms in total. The number of imide groups is 1. The Hall–Kier alpha value is -3.99. The van der Waals surface area contributed by atoms with Crippen molar-refractivity contribution in [3.8, 4) is 0 Å². The fourth-order valence-corrected chi connectivity index (χ4v) is 3.33. The first kappa shape index (κ1) is 19.3. The van der Waals surface area contributed by atoms with Crippen molar-refractivity contribution >= 4 is 23.4 Å². The molecule has 3 aromatic carbocycles. The number of Topliss-reactive ketones (excluding diaryl/α,β-unsaturated/α-hetero) is 1. The van der Waals surface area contributed by atoms with Crippen LogP contribution < -0.4 is 0 Å². The van der Waals surface area contributed by atoms with Gasteiger partial charge >= 0.3 is 6.09 Å². The van der Waals surface area contributed by atoms with Crippen molar-refractivity contribution in [1.82, 2.24) is 4.90 Å². The Bertz CT molecular complexity index is 1110. The molecule has 0 aromatic heterocycles. The molecule has 4 rings (SSSR count). The highest BCUT2D eigenvalue weighted by molar-refractivity contribution is 6.34. The minimum Gasteiger partial charge on any atom is -0.403 e. The molecule has 0 bridgehead atoms. The number of allylic oxidation sites excluding steroid dienone is 1. The van der Waals surface area contributed by atoms with Crippen LogP contribution >= 0.6 is 0 Å². The van der Waals surface area contributed by atoms with Crippen LogP contribution in [-0.4, -0.2) is 29.2 Å². The molecule has 0 atom stereocenters. The van der Waals surface area contributed by atoms with E-state index in [1.54, 1.807) is 54.6 Å². The van der Waals surface area contributed by atoms with Gasteiger partial charge in [-0.3, -0.25) is 9.59 Å². The van der Waals surface area contributed by atoms with Crippen LogP contribution in [0, 0.1) is 0 Å². The number of rotatable bonds is 6. The van der Waals surface area contributed by atoms with Crippen molar-refractivity contribution < 1.29 is 19.1 Å². The van der Waals surface area contributed by atoms with Crippen molar-refractivity contribution in [2.75, 3.05) is 6.54 Å². The van der Waals surface area contributed by atoms with Gasteiger partial charge in [-0.2, -0.15) is 0 Å². The summed E-state index contributed by atoms with van der Waals surface area (Å²) in [5.41, 5.74) is 2.02. The molecule has 1 aliphatic rings. The minimum absolute atomic E-state index is 0.0855. The topological polar surface area (TPSA) is 63.7 Å². The lowest BCUT2D eigenvalue weighted by molar-refractivity contribution is -0.123. The average molecular weight is 397 g/mol. The zero-order valence-corrected chi connectivity index (χ0v) is 16.2. The van der Waals surface area contributed by atoms with E-state index >= 15 is 0 Å². The van der Waals surface area contributed by atoms with Crippen molar-refractivity contribution in [2.24, 2.45) is 0 Å². The zero-order chi connectivity index (χ0) is 20.9. The quantitative estimate of drug-likeness (QED) is 0.454. The highest BCUT2D eigenvalue weighted by Gasteiger charge is 2.40. The molecule has 0 aliphatic carbocycles. The number of ketones is 1. The third kappa shape index (κ3) is 3.91. The molecule has 5 heteroatoms. The molecule has 1 aliphatic heterocycles. The van der Waals surface area contributed by atoms with Crippen molar-refractivity contribution in [3.05, 3.63) is 113 Å². The van der Waals surface area contributed by atoms with E-state index in [4.69, 9.17) is 4.74 Å². The van der Waals surface area contributed by atoms with E-state index in [0.29, 0.717) is 17.5 Å². The Morgan fingerprint density at radius 2 is 1.27 bits per heavy atom. The van der Waals surface area contributed by atoms with E-state index in [1.807, 2.05) is 36.4 Å². The Balaban J connectivity index is 1.70. The van der Waals surface area contributed by atoms with E-state index in [0.717, 1.165) is 10.5 Å². The summed E-state index contributed by atoms with van der Waals surface area (Å²) in [6, 6.07) is 27.0. The summed E-state index contributed by atoms with van der Waals surface area (Å²) in [6.45, 7) is 0.173. The predicted molar refractivity (Wildman–Crippen MR) is 112 cm³/mol. The zero-order valence-electron chi connectivity index (χ0n) is 16.2. The monoisotopic (exact) mass is 397 g/mol. The van der Waals surface area contributed by atoms with Gasteiger partial charge in [0.15, 0.2) is 5.78 Å². The van der Waals surface area contributed by atoms with Crippen LogP contribution in [0.4, 0.5) is 4.79 Å². The van der Waals surface area contributed by atoms with Crippen LogP contribution in [0.15, 0.2) is 96.8 Å². The summed E-state index contributed by atoms with van der Waals surface area (Å²) in [6.07, 6.45) is -0.261. The van der Waals surface area contributed by atoms with Gasteiger partial charge in [0.25, 0.3) is 5.91 Å². The van der Waals surface area contributed by atoms with Crippen LogP contribution in [0.25, 0.3) is 5.57 Å². The molecule has 0 unspecified atom stereocenters. The summed E-state index contributed by atoms with van der Waals surface area (Å²) >= 11 is 0. The lowest BCUT2D eigenvalue weighted by Gasteiger charge is -2.11. The summed E-state index contributed by atoms with van der Waals surface area (Å²) in [4.78, 5) is 39.8. The molecule has 0 spiro atoms. The van der Waals surface area contributed by atoms with Gasteiger partial charge in [0, 0.05) is 12.1 Å².